The fourth-order valence-electron chi connectivity index (χ4n) is 1.73. The third kappa shape index (κ3) is 3.24. The lowest BCUT2D eigenvalue weighted by Gasteiger charge is -2.10. The van der Waals surface area contributed by atoms with Gasteiger partial charge in [-0.15, -0.1) is 0 Å². The molecule has 4 nitrogen and oxygen atoms in total. The number of nitrogens with two attached hydrogens (primary N) is 1. The highest BCUT2D eigenvalue weighted by Crippen LogP contribution is 2.19. The zero-order valence-electron chi connectivity index (χ0n) is 10.1. The van der Waals surface area contributed by atoms with Gasteiger partial charge in [0.1, 0.15) is 0 Å². The Hall–Kier alpha value is -1.97. The highest BCUT2D eigenvalue weighted by molar-refractivity contribution is 5.66. The van der Waals surface area contributed by atoms with Crippen molar-refractivity contribution < 1.29 is 0 Å². The minimum atomic E-state index is 0.804. The van der Waals surface area contributed by atoms with Crippen molar-refractivity contribution >= 4 is 11.4 Å². The van der Waals surface area contributed by atoms with E-state index in [2.05, 4.69) is 27.9 Å². The normalized spacial score (nSPS) is 10.4. The number of nitrogen functional groups attached to an aromatic ring is 1. The summed E-state index contributed by atoms with van der Waals surface area (Å²) in [6.07, 6.45) is 6.65. The molecule has 90 valence electrons. The van der Waals surface area contributed by atoms with E-state index in [4.69, 9.17) is 5.73 Å². The molecule has 0 fully saturated rings. The van der Waals surface area contributed by atoms with Crippen LogP contribution in [0.1, 0.15) is 12.0 Å². The minimum Gasteiger partial charge on any atom is -0.397 e. The molecule has 1 heterocycles. The van der Waals surface area contributed by atoms with Crippen molar-refractivity contribution in [2.24, 2.45) is 0 Å². The Labute approximate surface area is 101 Å². The highest BCUT2D eigenvalue weighted by atomic mass is 15.0. The lowest BCUT2D eigenvalue weighted by molar-refractivity contribution is 0.661. The van der Waals surface area contributed by atoms with E-state index < -0.39 is 0 Å². The van der Waals surface area contributed by atoms with Crippen LogP contribution in [0.25, 0.3) is 0 Å². The van der Waals surface area contributed by atoms with Crippen LogP contribution in [0.3, 0.4) is 0 Å². The molecule has 3 N–H and O–H groups in total. The molecule has 0 bridgehead atoms. The summed E-state index contributed by atoms with van der Waals surface area (Å²) in [6, 6.07) is 6.03. The molecule has 0 amide bonds. The van der Waals surface area contributed by atoms with Crippen LogP contribution in [-0.4, -0.2) is 16.1 Å². The van der Waals surface area contributed by atoms with Crippen molar-refractivity contribution in [1.29, 1.82) is 0 Å². The molecule has 0 saturated carbocycles. The smallest absolute Gasteiger partial charge is 0.0945 e. The van der Waals surface area contributed by atoms with Crippen molar-refractivity contribution in [1.82, 2.24) is 9.55 Å². The zero-order valence-corrected chi connectivity index (χ0v) is 10.1. The monoisotopic (exact) mass is 230 g/mol. The van der Waals surface area contributed by atoms with Gasteiger partial charge in [0.15, 0.2) is 0 Å². The van der Waals surface area contributed by atoms with Crippen molar-refractivity contribution in [3.05, 3.63) is 42.5 Å². The Morgan fingerprint density at radius 1 is 1.41 bits per heavy atom. The second kappa shape index (κ2) is 5.39. The summed E-state index contributed by atoms with van der Waals surface area (Å²) in [7, 11) is 0. The van der Waals surface area contributed by atoms with Gasteiger partial charge in [-0.3, -0.25) is 0 Å². The molecule has 0 aliphatic heterocycles. The molecule has 0 atom stereocenters. The number of benzene rings is 1. The van der Waals surface area contributed by atoms with Gasteiger partial charge in [-0.1, -0.05) is 6.07 Å². The molecule has 17 heavy (non-hydrogen) atoms. The predicted octanol–water partition coefficient (Wildman–Crippen LogP) is 2.28. The third-order valence-corrected chi connectivity index (χ3v) is 2.68. The minimum absolute atomic E-state index is 0.804. The summed E-state index contributed by atoms with van der Waals surface area (Å²) < 4.78 is 2.07. The molecule has 0 radical (unpaired) electrons. The fourth-order valence-corrected chi connectivity index (χ4v) is 1.73. The van der Waals surface area contributed by atoms with Crippen molar-refractivity contribution in [2.45, 2.75) is 19.9 Å². The van der Waals surface area contributed by atoms with Gasteiger partial charge in [-0.25, -0.2) is 4.98 Å². The molecule has 1 aromatic heterocycles. The zero-order chi connectivity index (χ0) is 12.1. The van der Waals surface area contributed by atoms with Crippen molar-refractivity contribution in [3.8, 4) is 0 Å². The van der Waals surface area contributed by atoms with Crippen LogP contribution in [-0.2, 0) is 6.54 Å². The number of nitrogens with one attached hydrogen (secondary N) is 1. The molecular formula is C13H18N4. The first-order valence-electron chi connectivity index (χ1n) is 5.81. The van der Waals surface area contributed by atoms with Crippen molar-refractivity contribution in [2.75, 3.05) is 17.6 Å². The maximum absolute atomic E-state index is 5.89. The SMILES string of the molecule is Cc1ccc(N)c(NCCCn2ccnc2)c1. The van der Waals surface area contributed by atoms with Crippen molar-refractivity contribution in [3.63, 3.8) is 0 Å². The summed E-state index contributed by atoms with van der Waals surface area (Å²) in [5, 5.41) is 3.36. The largest absolute Gasteiger partial charge is 0.397 e. The van der Waals surface area contributed by atoms with E-state index in [0.717, 1.165) is 30.9 Å². The fraction of sp³-hybridized carbons (Fsp3) is 0.308. The molecule has 0 aliphatic rings. The first-order valence-corrected chi connectivity index (χ1v) is 5.81. The molecule has 0 unspecified atom stereocenters. The van der Waals surface area contributed by atoms with Crippen LogP contribution in [0.15, 0.2) is 36.9 Å². The number of anilines is 2. The van der Waals surface area contributed by atoms with Gasteiger partial charge in [0.2, 0.25) is 0 Å². The number of imidazole rings is 1. The molecule has 0 saturated heterocycles. The lowest BCUT2D eigenvalue weighted by atomic mass is 10.2. The number of nitrogens with zero attached hydrogens (tertiary/aromatic N) is 2. The maximum atomic E-state index is 5.89. The topological polar surface area (TPSA) is 55.9 Å². The van der Waals surface area contributed by atoms with Crippen LogP contribution in [0.5, 0.6) is 0 Å². The van der Waals surface area contributed by atoms with Crippen LogP contribution in [0.2, 0.25) is 0 Å². The maximum Gasteiger partial charge on any atom is 0.0945 e. The Kier molecular flexibility index (Phi) is 3.65. The molecule has 1 aromatic carbocycles. The highest BCUT2D eigenvalue weighted by Gasteiger charge is 1.98. The first-order chi connectivity index (χ1) is 8.25. The van der Waals surface area contributed by atoms with E-state index in [9.17, 15) is 0 Å². The van der Waals surface area contributed by atoms with Gasteiger partial charge in [0, 0.05) is 25.5 Å². The van der Waals surface area contributed by atoms with Crippen LogP contribution in [0, 0.1) is 6.92 Å². The average Bonchev–Trinajstić information content (AvgIpc) is 2.82. The lowest BCUT2D eigenvalue weighted by Crippen LogP contribution is -2.07. The van der Waals surface area contributed by atoms with Gasteiger partial charge < -0.3 is 15.6 Å². The quantitative estimate of drug-likeness (QED) is 0.612. The Morgan fingerprint density at radius 2 is 2.29 bits per heavy atom. The standard InChI is InChI=1S/C13H18N4/c1-11-3-4-12(14)13(9-11)16-5-2-7-17-8-6-15-10-17/h3-4,6,8-10,16H,2,5,7,14H2,1H3. The van der Waals surface area contributed by atoms with Gasteiger partial charge in [0.25, 0.3) is 0 Å². The van der Waals surface area contributed by atoms with Crippen LogP contribution < -0.4 is 11.1 Å². The van der Waals surface area contributed by atoms with E-state index in [-0.39, 0.29) is 0 Å². The van der Waals surface area contributed by atoms with Crippen LogP contribution in [0.4, 0.5) is 11.4 Å². The first kappa shape index (κ1) is 11.5. The average molecular weight is 230 g/mol. The van der Waals surface area contributed by atoms with E-state index in [1.807, 2.05) is 24.7 Å². The molecule has 0 aliphatic carbocycles. The Balaban J connectivity index is 1.80. The Morgan fingerprint density at radius 3 is 3.06 bits per heavy atom. The molecule has 0 spiro atoms. The second-order valence-electron chi connectivity index (χ2n) is 4.17. The number of aryl methyl sites for hydroxylation is 2. The number of hydrogen-bond acceptors (Lipinski definition) is 3. The van der Waals surface area contributed by atoms with E-state index in [1.54, 1.807) is 6.20 Å². The van der Waals surface area contributed by atoms with Gasteiger partial charge in [0.05, 0.1) is 17.7 Å². The number of hydrogen-bond donors (Lipinski definition) is 2. The van der Waals surface area contributed by atoms with Gasteiger partial charge in [-0.05, 0) is 31.0 Å². The van der Waals surface area contributed by atoms with E-state index in [1.165, 1.54) is 5.56 Å². The number of aromatic nitrogens is 2. The summed E-state index contributed by atoms with van der Waals surface area (Å²) in [5.74, 6) is 0. The predicted molar refractivity (Wildman–Crippen MR) is 70.9 cm³/mol. The van der Waals surface area contributed by atoms with Crippen LogP contribution >= 0.6 is 0 Å². The summed E-state index contributed by atoms with van der Waals surface area (Å²) in [5.41, 5.74) is 8.94. The molecule has 2 rings (SSSR count). The summed E-state index contributed by atoms with van der Waals surface area (Å²) in [6.45, 7) is 3.95. The van der Waals surface area contributed by atoms with E-state index >= 15 is 0 Å². The summed E-state index contributed by atoms with van der Waals surface area (Å²) >= 11 is 0. The van der Waals surface area contributed by atoms with E-state index in [0.29, 0.717) is 0 Å². The van der Waals surface area contributed by atoms with Gasteiger partial charge in [-0.2, -0.15) is 0 Å². The third-order valence-electron chi connectivity index (χ3n) is 2.68. The Bertz CT molecular complexity index is 462. The number of rotatable bonds is 5. The molecule has 2 aromatic rings. The molecular weight excluding hydrogens is 212 g/mol. The second-order valence-corrected chi connectivity index (χ2v) is 4.17. The summed E-state index contributed by atoms with van der Waals surface area (Å²) in [4.78, 5) is 4.01. The van der Waals surface area contributed by atoms with Gasteiger partial charge >= 0.3 is 0 Å². The molecule has 4 heteroatoms.